The first kappa shape index (κ1) is 12.7. The van der Waals surface area contributed by atoms with Gasteiger partial charge in [-0.05, 0) is 32.2 Å². The Hall–Kier alpha value is -0.280. The lowest BCUT2D eigenvalue weighted by molar-refractivity contribution is -0.146. The fourth-order valence-corrected chi connectivity index (χ4v) is 1.53. The summed E-state index contributed by atoms with van der Waals surface area (Å²) in [7, 11) is 0. The number of esters is 1. The van der Waals surface area contributed by atoms with Crippen molar-refractivity contribution < 1.29 is 9.53 Å². The van der Waals surface area contributed by atoms with Crippen LogP contribution in [0.2, 0.25) is 0 Å². The number of ether oxygens (including phenoxy) is 1. The highest BCUT2D eigenvalue weighted by Crippen LogP contribution is 2.15. The largest absolute Gasteiger partial charge is 0.465 e. The molecule has 1 fully saturated rings. The zero-order chi connectivity index (χ0) is 8.97. The molecule has 1 saturated heterocycles. The Bertz CT molecular complexity index is 164. The first-order valence-electron chi connectivity index (χ1n) is 4.64. The van der Waals surface area contributed by atoms with Gasteiger partial charge in [-0.1, -0.05) is 6.92 Å². The van der Waals surface area contributed by atoms with Gasteiger partial charge in [-0.3, -0.25) is 4.79 Å². The van der Waals surface area contributed by atoms with Gasteiger partial charge >= 0.3 is 5.97 Å². The van der Waals surface area contributed by atoms with E-state index in [1.807, 2.05) is 6.92 Å². The van der Waals surface area contributed by atoms with Crippen molar-refractivity contribution in [2.45, 2.75) is 32.7 Å². The average molecular weight is 208 g/mol. The van der Waals surface area contributed by atoms with Crippen molar-refractivity contribution in [3.05, 3.63) is 0 Å². The maximum Gasteiger partial charge on any atom is 0.323 e. The molecule has 0 aromatic carbocycles. The zero-order valence-corrected chi connectivity index (χ0v) is 9.02. The van der Waals surface area contributed by atoms with Gasteiger partial charge < -0.3 is 10.1 Å². The number of nitrogens with one attached hydrogen (secondary N) is 1. The molecule has 1 aliphatic rings. The Balaban J connectivity index is 0.00000144. The first-order chi connectivity index (χ1) is 5.74. The summed E-state index contributed by atoms with van der Waals surface area (Å²) in [6.07, 6.45) is 2.08. The van der Waals surface area contributed by atoms with Gasteiger partial charge in [0.05, 0.1) is 6.61 Å². The Kier molecular flexibility index (Phi) is 6.08. The van der Waals surface area contributed by atoms with Crippen LogP contribution >= 0.6 is 12.4 Å². The lowest BCUT2D eigenvalue weighted by Crippen LogP contribution is -2.43. The van der Waals surface area contributed by atoms with Gasteiger partial charge in [0.2, 0.25) is 0 Å². The molecule has 0 aromatic rings. The van der Waals surface area contributed by atoms with Crippen molar-refractivity contribution in [2.75, 3.05) is 13.2 Å². The second kappa shape index (κ2) is 6.22. The van der Waals surface area contributed by atoms with Gasteiger partial charge in [-0.25, -0.2) is 0 Å². The SMILES string of the molecule is CCOC(=O)[C@@H]1C[C@@H](C)CCN1.Cl. The topological polar surface area (TPSA) is 38.3 Å². The van der Waals surface area contributed by atoms with Crippen LogP contribution in [0.25, 0.3) is 0 Å². The Morgan fingerprint density at radius 3 is 2.85 bits per heavy atom. The summed E-state index contributed by atoms with van der Waals surface area (Å²) in [4.78, 5) is 11.3. The van der Waals surface area contributed by atoms with Gasteiger partial charge in [0, 0.05) is 0 Å². The molecule has 3 nitrogen and oxygen atoms in total. The van der Waals surface area contributed by atoms with Gasteiger partial charge in [0.25, 0.3) is 0 Å². The smallest absolute Gasteiger partial charge is 0.323 e. The molecule has 1 aliphatic heterocycles. The van der Waals surface area contributed by atoms with Crippen LogP contribution in [0.5, 0.6) is 0 Å². The van der Waals surface area contributed by atoms with E-state index in [0.29, 0.717) is 12.5 Å². The van der Waals surface area contributed by atoms with E-state index in [1.165, 1.54) is 0 Å². The molecule has 0 aromatic heterocycles. The van der Waals surface area contributed by atoms with Gasteiger partial charge in [-0.15, -0.1) is 12.4 Å². The summed E-state index contributed by atoms with van der Waals surface area (Å²) in [5.74, 6) is 0.546. The van der Waals surface area contributed by atoms with Crippen LogP contribution in [0, 0.1) is 5.92 Å². The van der Waals surface area contributed by atoms with E-state index in [-0.39, 0.29) is 24.4 Å². The number of carbonyl (C=O) groups is 1. The lowest BCUT2D eigenvalue weighted by atomic mass is 9.94. The molecule has 0 radical (unpaired) electrons. The number of carbonyl (C=O) groups excluding carboxylic acids is 1. The maximum atomic E-state index is 11.3. The minimum absolute atomic E-state index is 0. The van der Waals surface area contributed by atoms with E-state index in [4.69, 9.17) is 4.74 Å². The molecule has 0 aliphatic carbocycles. The molecule has 0 saturated carbocycles. The summed E-state index contributed by atoms with van der Waals surface area (Å²) in [5.41, 5.74) is 0. The highest BCUT2D eigenvalue weighted by Gasteiger charge is 2.25. The van der Waals surface area contributed by atoms with Crippen LogP contribution in [0.4, 0.5) is 0 Å². The van der Waals surface area contributed by atoms with Crippen LogP contribution in [0.1, 0.15) is 26.7 Å². The summed E-state index contributed by atoms with van der Waals surface area (Å²) in [6.45, 7) is 5.42. The number of piperidine rings is 1. The average Bonchev–Trinajstić information content (AvgIpc) is 2.05. The monoisotopic (exact) mass is 207 g/mol. The van der Waals surface area contributed by atoms with E-state index in [9.17, 15) is 4.79 Å². The fourth-order valence-electron chi connectivity index (χ4n) is 1.53. The van der Waals surface area contributed by atoms with E-state index in [2.05, 4.69) is 12.2 Å². The molecule has 4 heteroatoms. The van der Waals surface area contributed by atoms with Crippen molar-refractivity contribution in [1.82, 2.24) is 5.32 Å². The minimum Gasteiger partial charge on any atom is -0.465 e. The van der Waals surface area contributed by atoms with E-state index in [1.54, 1.807) is 0 Å². The maximum absolute atomic E-state index is 11.3. The molecular formula is C9H18ClNO2. The van der Waals surface area contributed by atoms with Crippen LogP contribution in [-0.4, -0.2) is 25.2 Å². The third-order valence-corrected chi connectivity index (χ3v) is 2.24. The molecule has 1 rings (SSSR count). The number of rotatable bonds is 2. The quantitative estimate of drug-likeness (QED) is 0.695. The molecule has 0 unspecified atom stereocenters. The van der Waals surface area contributed by atoms with Crippen molar-refractivity contribution in [1.29, 1.82) is 0 Å². The van der Waals surface area contributed by atoms with E-state index < -0.39 is 0 Å². The standard InChI is InChI=1S/C9H17NO2.ClH/c1-3-12-9(11)8-6-7(2)4-5-10-8;/h7-8,10H,3-6H2,1-2H3;1H/t7-,8-;/m0./s1. The van der Waals surface area contributed by atoms with E-state index in [0.717, 1.165) is 19.4 Å². The zero-order valence-electron chi connectivity index (χ0n) is 8.21. The summed E-state index contributed by atoms with van der Waals surface area (Å²) < 4.78 is 4.93. The summed E-state index contributed by atoms with van der Waals surface area (Å²) in [6, 6.07) is -0.0614. The molecule has 13 heavy (non-hydrogen) atoms. The number of hydrogen-bond acceptors (Lipinski definition) is 3. The van der Waals surface area contributed by atoms with Crippen molar-refractivity contribution >= 4 is 18.4 Å². The Morgan fingerprint density at radius 2 is 2.31 bits per heavy atom. The van der Waals surface area contributed by atoms with Crippen molar-refractivity contribution in [3.8, 4) is 0 Å². The number of halogens is 1. The third-order valence-electron chi connectivity index (χ3n) is 2.24. The highest BCUT2D eigenvalue weighted by molar-refractivity contribution is 5.85. The highest BCUT2D eigenvalue weighted by atomic mass is 35.5. The molecule has 1 heterocycles. The second-order valence-electron chi connectivity index (χ2n) is 3.39. The Morgan fingerprint density at radius 1 is 1.62 bits per heavy atom. The predicted octanol–water partition coefficient (Wildman–Crippen LogP) is 1.36. The summed E-state index contributed by atoms with van der Waals surface area (Å²) in [5, 5.41) is 3.16. The van der Waals surface area contributed by atoms with Crippen molar-refractivity contribution in [3.63, 3.8) is 0 Å². The van der Waals surface area contributed by atoms with E-state index >= 15 is 0 Å². The molecule has 1 N–H and O–H groups in total. The molecule has 0 spiro atoms. The van der Waals surface area contributed by atoms with Gasteiger partial charge in [-0.2, -0.15) is 0 Å². The molecule has 78 valence electrons. The van der Waals surface area contributed by atoms with Crippen LogP contribution in [0.3, 0.4) is 0 Å². The fraction of sp³-hybridized carbons (Fsp3) is 0.889. The van der Waals surface area contributed by atoms with Crippen LogP contribution in [0.15, 0.2) is 0 Å². The minimum atomic E-state index is -0.0935. The Labute approximate surface area is 85.6 Å². The molecule has 0 bridgehead atoms. The van der Waals surface area contributed by atoms with Gasteiger partial charge in [0.15, 0.2) is 0 Å². The third kappa shape index (κ3) is 3.96. The summed E-state index contributed by atoms with van der Waals surface area (Å²) >= 11 is 0. The number of hydrogen-bond donors (Lipinski definition) is 1. The van der Waals surface area contributed by atoms with Crippen LogP contribution < -0.4 is 5.32 Å². The molecular weight excluding hydrogens is 190 g/mol. The van der Waals surface area contributed by atoms with Crippen LogP contribution in [-0.2, 0) is 9.53 Å². The normalized spacial score (nSPS) is 27.5. The van der Waals surface area contributed by atoms with Crippen molar-refractivity contribution in [2.24, 2.45) is 5.92 Å². The molecule has 2 atom stereocenters. The first-order valence-corrected chi connectivity index (χ1v) is 4.64. The molecule has 0 amide bonds. The predicted molar refractivity (Wildman–Crippen MR) is 54.1 cm³/mol. The lowest BCUT2D eigenvalue weighted by Gasteiger charge is -2.26. The van der Waals surface area contributed by atoms with Gasteiger partial charge in [0.1, 0.15) is 6.04 Å². The second-order valence-corrected chi connectivity index (χ2v) is 3.39.